The molecule has 1 unspecified atom stereocenters. The van der Waals surface area contributed by atoms with Gasteiger partial charge in [0, 0.05) is 19.3 Å². The second-order valence-electron chi connectivity index (χ2n) is 21.6. The quantitative estimate of drug-likeness (QED) is 0.0261. The fourth-order valence-corrected chi connectivity index (χ4v) is 9.10. The Kier molecular flexibility index (Phi) is 62.8. The SMILES string of the molecule is CC/C=C\C/C=C\C/C=C\C/C=C\C/C=C\CCCCCCCCCCCCCC(=O)OCC(COC(=O)CCCCCCCCCCCCCCCCCCC)OC(=O)CCC/C=C\C/C=C\C/C=C\C/C=C\C/C=C\CC. The van der Waals surface area contributed by atoms with E-state index in [1.54, 1.807) is 0 Å². The van der Waals surface area contributed by atoms with E-state index in [2.05, 4.69) is 142 Å². The smallest absolute Gasteiger partial charge is 0.306 e. The van der Waals surface area contributed by atoms with Crippen LogP contribution >= 0.6 is 0 Å². The highest BCUT2D eigenvalue weighted by Gasteiger charge is 2.19. The van der Waals surface area contributed by atoms with Crippen LogP contribution < -0.4 is 0 Å². The van der Waals surface area contributed by atoms with E-state index in [4.69, 9.17) is 14.2 Å². The summed E-state index contributed by atoms with van der Waals surface area (Å²) >= 11 is 0. The molecule has 0 aromatic heterocycles. The Labute approximate surface area is 488 Å². The first kappa shape index (κ1) is 74.8. The zero-order chi connectivity index (χ0) is 57.1. The number of rotatable bonds is 59. The summed E-state index contributed by atoms with van der Waals surface area (Å²) < 4.78 is 16.9. The molecule has 0 radical (unpaired) electrons. The maximum Gasteiger partial charge on any atom is 0.306 e. The molecule has 0 saturated heterocycles. The summed E-state index contributed by atoms with van der Waals surface area (Å²) in [5.74, 6) is -0.953. The van der Waals surface area contributed by atoms with E-state index in [-0.39, 0.29) is 37.5 Å². The number of carbonyl (C=O) groups is 3. The van der Waals surface area contributed by atoms with Gasteiger partial charge in [-0.3, -0.25) is 14.4 Å². The highest BCUT2D eigenvalue weighted by atomic mass is 16.6. The Bertz CT molecular complexity index is 1640. The summed E-state index contributed by atoms with van der Waals surface area (Å²) in [6.45, 7) is 6.39. The van der Waals surface area contributed by atoms with Gasteiger partial charge in [0.15, 0.2) is 6.10 Å². The second-order valence-corrected chi connectivity index (χ2v) is 21.6. The molecule has 79 heavy (non-hydrogen) atoms. The molecule has 6 nitrogen and oxygen atoms in total. The van der Waals surface area contributed by atoms with Crippen molar-refractivity contribution in [3.8, 4) is 0 Å². The van der Waals surface area contributed by atoms with Gasteiger partial charge in [-0.05, 0) is 103 Å². The lowest BCUT2D eigenvalue weighted by molar-refractivity contribution is -0.167. The Morgan fingerprint density at radius 2 is 0.506 bits per heavy atom. The van der Waals surface area contributed by atoms with E-state index in [1.165, 1.54) is 148 Å². The molecule has 0 saturated carbocycles. The number of hydrogen-bond acceptors (Lipinski definition) is 6. The summed E-state index contributed by atoms with van der Waals surface area (Å²) in [5, 5.41) is 0. The first-order chi connectivity index (χ1) is 39.0. The Morgan fingerprint density at radius 3 is 0.810 bits per heavy atom. The maximum atomic E-state index is 12.9. The predicted molar refractivity (Wildman–Crippen MR) is 343 cm³/mol. The van der Waals surface area contributed by atoms with Crippen molar-refractivity contribution < 1.29 is 28.6 Å². The van der Waals surface area contributed by atoms with Gasteiger partial charge in [-0.1, -0.05) is 303 Å². The van der Waals surface area contributed by atoms with Gasteiger partial charge in [-0.25, -0.2) is 0 Å². The first-order valence-corrected chi connectivity index (χ1v) is 33.0. The fourth-order valence-electron chi connectivity index (χ4n) is 9.10. The highest BCUT2D eigenvalue weighted by molar-refractivity contribution is 5.71. The van der Waals surface area contributed by atoms with Gasteiger partial charge in [0.1, 0.15) is 13.2 Å². The summed E-state index contributed by atoms with van der Waals surface area (Å²) in [4.78, 5) is 38.4. The molecule has 0 N–H and O–H groups in total. The molecular formula is C73H122O6. The lowest BCUT2D eigenvalue weighted by atomic mass is 10.0. The number of ether oxygens (including phenoxy) is 3. The Balaban J connectivity index is 4.39. The summed E-state index contributed by atoms with van der Waals surface area (Å²) in [5.41, 5.74) is 0. The van der Waals surface area contributed by atoms with E-state index in [9.17, 15) is 14.4 Å². The van der Waals surface area contributed by atoms with Gasteiger partial charge in [-0.15, -0.1) is 0 Å². The molecular weight excluding hydrogens is 973 g/mol. The molecule has 0 aliphatic heterocycles. The van der Waals surface area contributed by atoms with Gasteiger partial charge in [0.05, 0.1) is 0 Å². The molecule has 0 aromatic rings. The monoisotopic (exact) mass is 1090 g/mol. The van der Waals surface area contributed by atoms with Crippen LogP contribution in [-0.4, -0.2) is 37.2 Å². The number of carbonyl (C=O) groups excluding carboxylic acids is 3. The zero-order valence-electron chi connectivity index (χ0n) is 51.6. The molecule has 0 heterocycles. The van der Waals surface area contributed by atoms with Crippen molar-refractivity contribution in [2.75, 3.05) is 13.2 Å². The van der Waals surface area contributed by atoms with Crippen molar-refractivity contribution in [1.29, 1.82) is 0 Å². The molecule has 0 amide bonds. The number of unbranched alkanes of at least 4 members (excludes halogenated alkanes) is 28. The number of hydrogen-bond donors (Lipinski definition) is 0. The van der Waals surface area contributed by atoms with Crippen molar-refractivity contribution in [2.24, 2.45) is 0 Å². The summed E-state index contributed by atoms with van der Waals surface area (Å²) in [7, 11) is 0. The average molecular weight is 1100 g/mol. The number of allylic oxidation sites excluding steroid dienone is 20. The molecule has 0 aromatic carbocycles. The van der Waals surface area contributed by atoms with Crippen LogP contribution in [0, 0.1) is 0 Å². The van der Waals surface area contributed by atoms with Crippen molar-refractivity contribution in [1.82, 2.24) is 0 Å². The Hall–Kier alpha value is -4.19. The summed E-state index contributed by atoms with van der Waals surface area (Å²) in [6, 6.07) is 0. The van der Waals surface area contributed by atoms with Crippen molar-refractivity contribution in [2.45, 2.75) is 309 Å². The van der Waals surface area contributed by atoms with Gasteiger partial charge >= 0.3 is 17.9 Å². The fraction of sp³-hybridized carbons (Fsp3) is 0.685. The van der Waals surface area contributed by atoms with Gasteiger partial charge < -0.3 is 14.2 Å². The second kappa shape index (κ2) is 66.3. The lowest BCUT2D eigenvalue weighted by Crippen LogP contribution is -2.30. The van der Waals surface area contributed by atoms with Crippen LogP contribution in [0.15, 0.2) is 122 Å². The topological polar surface area (TPSA) is 78.9 Å². The van der Waals surface area contributed by atoms with Crippen molar-refractivity contribution in [3.05, 3.63) is 122 Å². The normalized spacial score (nSPS) is 12.9. The molecule has 0 rings (SSSR count). The van der Waals surface area contributed by atoms with Crippen LogP contribution in [0.3, 0.4) is 0 Å². The third-order valence-electron chi connectivity index (χ3n) is 14.0. The molecule has 0 aliphatic carbocycles. The first-order valence-electron chi connectivity index (χ1n) is 33.0. The van der Waals surface area contributed by atoms with Crippen molar-refractivity contribution >= 4 is 17.9 Å². The third-order valence-corrected chi connectivity index (χ3v) is 14.0. The van der Waals surface area contributed by atoms with E-state index in [0.717, 1.165) is 109 Å². The van der Waals surface area contributed by atoms with E-state index in [0.29, 0.717) is 19.3 Å². The zero-order valence-corrected chi connectivity index (χ0v) is 51.6. The third kappa shape index (κ3) is 64.5. The minimum atomic E-state index is -0.812. The minimum Gasteiger partial charge on any atom is -0.462 e. The maximum absolute atomic E-state index is 12.9. The molecule has 0 aliphatic rings. The van der Waals surface area contributed by atoms with Crippen LogP contribution in [0.1, 0.15) is 303 Å². The molecule has 0 fully saturated rings. The average Bonchev–Trinajstić information content (AvgIpc) is 3.45. The largest absolute Gasteiger partial charge is 0.462 e. The van der Waals surface area contributed by atoms with Gasteiger partial charge in [-0.2, -0.15) is 0 Å². The van der Waals surface area contributed by atoms with Crippen molar-refractivity contribution in [3.63, 3.8) is 0 Å². The lowest BCUT2D eigenvalue weighted by Gasteiger charge is -2.18. The van der Waals surface area contributed by atoms with E-state index < -0.39 is 6.10 Å². The van der Waals surface area contributed by atoms with Crippen LogP contribution in [0.2, 0.25) is 0 Å². The predicted octanol–water partition coefficient (Wildman–Crippen LogP) is 22.8. The van der Waals surface area contributed by atoms with Crippen LogP contribution in [-0.2, 0) is 28.6 Å². The Morgan fingerprint density at radius 1 is 0.266 bits per heavy atom. The molecule has 0 spiro atoms. The number of esters is 3. The molecule has 450 valence electrons. The summed E-state index contributed by atoms with van der Waals surface area (Å²) in [6.07, 6.45) is 92.1. The van der Waals surface area contributed by atoms with E-state index >= 15 is 0 Å². The molecule has 0 bridgehead atoms. The minimum absolute atomic E-state index is 0.101. The van der Waals surface area contributed by atoms with E-state index in [1.807, 2.05) is 0 Å². The standard InChI is InChI=1S/C73H122O6/c1-4-7-10-13-16-19-22-25-28-31-32-33-34-35-36-37-38-39-40-43-45-48-51-54-57-60-63-66-72(75)78-69-70(79-73(76)67-64-61-58-55-52-49-46-42-30-27-24-21-18-15-12-9-6-3)68-77-71(74)65-62-59-56-53-50-47-44-41-29-26-23-20-17-14-11-8-5-2/h7,9-10,12,16,18-19,21,25,27-28,30,32-33,35-36,46,49,55,58,70H,4-6,8,11,13-15,17,20,22-24,26,29,31,34,37-45,47-48,50-54,56-57,59-69H2,1-3H3/b10-7-,12-9-,19-16-,21-18-,28-25-,30-27-,33-32-,36-35-,49-46-,58-55-. The van der Waals surface area contributed by atoms with Crippen LogP contribution in [0.4, 0.5) is 0 Å². The van der Waals surface area contributed by atoms with Gasteiger partial charge in [0.25, 0.3) is 0 Å². The van der Waals surface area contributed by atoms with Crippen LogP contribution in [0.5, 0.6) is 0 Å². The highest BCUT2D eigenvalue weighted by Crippen LogP contribution is 2.16. The van der Waals surface area contributed by atoms with Gasteiger partial charge in [0.2, 0.25) is 0 Å². The molecule has 6 heteroatoms. The molecule has 1 atom stereocenters. The van der Waals surface area contributed by atoms with Crippen LogP contribution in [0.25, 0.3) is 0 Å².